The Hall–Kier alpha value is -3.32. The molecule has 6 nitrogen and oxygen atoms in total. The quantitative estimate of drug-likeness (QED) is 0.488. The van der Waals surface area contributed by atoms with Gasteiger partial charge in [-0.25, -0.2) is 13.4 Å². The molecule has 7 heteroatoms. The Labute approximate surface area is 163 Å². The topological polar surface area (TPSA) is 80.3 Å². The van der Waals surface area contributed by atoms with Crippen LogP contribution < -0.4 is 14.8 Å². The van der Waals surface area contributed by atoms with Crippen molar-refractivity contribution in [3.05, 3.63) is 66.7 Å². The fourth-order valence-electron chi connectivity index (χ4n) is 3.13. The molecule has 1 heterocycles. The van der Waals surface area contributed by atoms with Crippen molar-refractivity contribution in [1.29, 1.82) is 0 Å². The summed E-state index contributed by atoms with van der Waals surface area (Å²) in [4.78, 5) is 4.73. The second-order valence-electron chi connectivity index (χ2n) is 6.47. The minimum Gasteiger partial charge on any atom is -0.494 e. The van der Waals surface area contributed by atoms with Gasteiger partial charge in [0, 0.05) is 22.5 Å². The van der Waals surface area contributed by atoms with Gasteiger partial charge in [-0.1, -0.05) is 24.3 Å². The number of para-hydroxylation sites is 1. The summed E-state index contributed by atoms with van der Waals surface area (Å²) < 4.78 is 30.8. The maximum Gasteiger partial charge on any atom is 0.229 e. The monoisotopic (exact) mass is 393 g/mol. The fourth-order valence-corrected chi connectivity index (χ4v) is 3.68. The molecule has 28 heavy (non-hydrogen) atoms. The van der Waals surface area contributed by atoms with Gasteiger partial charge in [0.1, 0.15) is 5.75 Å². The molecule has 0 bridgehead atoms. The van der Waals surface area contributed by atoms with Gasteiger partial charge in [0.05, 0.1) is 35.8 Å². The first-order chi connectivity index (χ1) is 13.4. The van der Waals surface area contributed by atoms with E-state index in [1.165, 1.54) is 0 Å². The predicted molar refractivity (Wildman–Crippen MR) is 114 cm³/mol. The van der Waals surface area contributed by atoms with Crippen molar-refractivity contribution in [2.45, 2.75) is 0 Å². The summed E-state index contributed by atoms with van der Waals surface area (Å²) in [6.45, 7) is 0. The normalized spacial score (nSPS) is 11.5. The molecular weight excluding hydrogens is 374 g/mol. The number of ether oxygens (including phenoxy) is 1. The van der Waals surface area contributed by atoms with E-state index in [2.05, 4.69) is 16.1 Å². The fraction of sp³-hybridized carbons (Fsp3) is 0.0952. The highest BCUT2D eigenvalue weighted by Crippen LogP contribution is 2.34. The number of hydrogen-bond donors (Lipinski definition) is 2. The Kier molecular flexibility index (Phi) is 4.52. The van der Waals surface area contributed by atoms with Crippen molar-refractivity contribution in [1.82, 2.24) is 4.98 Å². The molecule has 0 amide bonds. The SMILES string of the molecule is COc1cc(NS(C)(=O)=O)ccc1Nc1cccc2nc3ccccc3cc12. The third-order valence-corrected chi connectivity index (χ3v) is 4.94. The van der Waals surface area contributed by atoms with Crippen LogP contribution in [0.15, 0.2) is 66.7 Å². The number of fused-ring (bicyclic) bond motifs is 2. The van der Waals surface area contributed by atoms with Crippen LogP contribution in [0.1, 0.15) is 0 Å². The molecule has 4 aromatic rings. The van der Waals surface area contributed by atoms with Crippen LogP contribution >= 0.6 is 0 Å². The number of anilines is 3. The highest BCUT2D eigenvalue weighted by molar-refractivity contribution is 7.92. The van der Waals surface area contributed by atoms with E-state index in [1.807, 2.05) is 42.5 Å². The van der Waals surface area contributed by atoms with Crippen molar-refractivity contribution in [2.75, 3.05) is 23.4 Å². The zero-order valence-corrected chi connectivity index (χ0v) is 16.2. The van der Waals surface area contributed by atoms with Crippen molar-refractivity contribution in [3.63, 3.8) is 0 Å². The van der Waals surface area contributed by atoms with Crippen LogP contribution in [0.5, 0.6) is 5.75 Å². The molecule has 3 aromatic carbocycles. The van der Waals surface area contributed by atoms with Gasteiger partial charge in [0.15, 0.2) is 0 Å². The Morgan fingerprint density at radius 3 is 2.46 bits per heavy atom. The largest absolute Gasteiger partial charge is 0.494 e. The van der Waals surface area contributed by atoms with E-state index < -0.39 is 10.0 Å². The lowest BCUT2D eigenvalue weighted by atomic mass is 10.1. The third-order valence-electron chi connectivity index (χ3n) is 4.33. The highest BCUT2D eigenvalue weighted by atomic mass is 32.2. The first-order valence-electron chi connectivity index (χ1n) is 8.64. The summed E-state index contributed by atoms with van der Waals surface area (Å²) in [5, 5.41) is 5.43. The maximum absolute atomic E-state index is 11.5. The van der Waals surface area contributed by atoms with Gasteiger partial charge in [-0.2, -0.15) is 0 Å². The predicted octanol–water partition coefficient (Wildman–Crippen LogP) is 4.51. The summed E-state index contributed by atoms with van der Waals surface area (Å²) in [6, 6.07) is 21.1. The Morgan fingerprint density at radius 2 is 1.68 bits per heavy atom. The van der Waals surface area contributed by atoms with Crippen LogP contribution in [0, 0.1) is 0 Å². The highest BCUT2D eigenvalue weighted by Gasteiger charge is 2.10. The van der Waals surface area contributed by atoms with Gasteiger partial charge in [0.25, 0.3) is 0 Å². The van der Waals surface area contributed by atoms with Gasteiger partial charge >= 0.3 is 0 Å². The van der Waals surface area contributed by atoms with Gasteiger partial charge in [-0.3, -0.25) is 4.72 Å². The number of methoxy groups -OCH3 is 1. The number of aromatic nitrogens is 1. The van der Waals surface area contributed by atoms with Gasteiger partial charge in [0.2, 0.25) is 10.0 Å². The van der Waals surface area contributed by atoms with Crippen molar-refractivity contribution >= 4 is 48.9 Å². The van der Waals surface area contributed by atoms with E-state index in [9.17, 15) is 8.42 Å². The van der Waals surface area contributed by atoms with E-state index >= 15 is 0 Å². The molecular formula is C21H19N3O3S. The molecule has 142 valence electrons. The van der Waals surface area contributed by atoms with Crippen molar-refractivity contribution in [2.24, 2.45) is 0 Å². The Morgan fingerprint density at radius 1 is 0.893 bits per heavy atom. The molecule has 2 N–H and O–H groups in total. The lowest BCUT2D eigenvalue weighted by molar-refractivity contribution is 0.417. The lowest BCUT2D eigenvalue weighted by Crippen LogP contribution is -2.09. The summed E-state index contributed by atoms with van der Waals surface area (Å²) in [6.07, 6.45) is 1.11. The molecule has 0 saturated heterocycles. The van der Waals surface area contributed by atoms with Crippen LogP contribution in [0.25, 0.3) is 21.8 Å². The van der Waals surface area contributed by atoms with Gasteiger partial charge < -0.3 is 10.1 Å². The molecule has 0 aliphatic heterocycles. The number of sulfonamides is 1. The van der Waals surface area contributed by atoms with E-state index in [1.54, 1.807) is 25.3 Å². The van der Waals surface area contributed by atoms with Crippen LogP contribution in [0.2, 0.25) is 0 Å². The van der Waals surface area contributed by atoms with Crippen molar-refractivity contribution < 1.29 is 13.2 Å². The summed E-state index contributed by atoms with van der Waals surface area (Å²) in [5.74, 6) is 0.527. The first-order valence-corrected chi connectivity index (χ1v) is 10.5. The third kappa shape index (κ3) is 3.70. The molecule has 0 saturated carbocycles. The van der Waals surface area contributed by atoms with Crippen LogP contribution in [-0.2, 0) is 10.0 Å². The molecule has 0 atom stereocenters. The molecule has 0 aliphatic rings. The lowest BCUT2D eigenvalue weighted by Gasteiger charge is -2.15. The van der Waals surface area contributed by atoms with Crippen LogP contribution in [0.4, 0.5) is 17.1 Å². The number of nitrogens with one attached hydrogen (secondary N) is 2. The second kappa shape index (κ2) is 7.01. The zero-order chi connectivity index (χ0) is 19.7. The molecule has 0 radical (unpaired) electrons. The number of benzene rings is 3. The number of pyridine rings is 1. The maximum atomic E-state index is 11.5. The van der Waals surface area contributed by atoms with E-state index in [-0.39, 0.29) is 0 Å². The smallest absolute Gasteiger partial charge is 0.229 e. The number of rotatable bonds is 5. The van der Waals surface area contributed by atoms with Gasteiger partial charge in [-0.05, 0) is 36.4 Å². The Balaban J connectivity index is 1.76. The van der Waals surface area contributed by atoms with Crippen LogP contribution in [-0.4, -0.2) is 26.8 Å². The average Bonchev–Trinajstić information content (AvgIpc) is 2.66. The molecule has 1 aromatic heterocycles. The Bertz CT molecular complexity index is 1290. The van der Waals surface area contributed by atoms with Crippen molar-refractivity contribution in [3.8, 4) is 5.75 Å². The number of hydrogen-bond acceptors (Lipinski definition) is 5. The summed E-state index contributed by atoms with van der Waals surface area (Å²) in [5.41, 5.74) is 3.88. The summed E-state index contributed by atoms with van der Waals surface area (Å²) in [7, 11) is -1.81. The summed E-state index contributed by atoms with van der Waals surface area (Å²) >= 11 is 0. The van der Waals surface area contributed by atoms with Crippen LogP contribution in [0.3, 0.4) is 0 Å². The van der Waals surface area contributed by atoms with E-state index in [0.29, 0.717) is 11.4 Å². The minimum atomic E-state index is -3.36. The van der Waals surface area contributed by atoms with Gasteiger partial charge in [-0.15, -0.1) is 0 Å². The second-order valence-corrected chi connectivity index (χ2v) is 8.22. The van der Waals surface area contributed by atoms with E-state index in [4.69, 9.17) is 9.72 Å². The van der Waals surface area contributed by atoms with E-state index in [0.717, 1.165) is 39.4 Å². The minimum absolute atomic E-state index is 0.440. The molecule has 4 rings (SSSR count). The number of nitrogens with zero attached hydrogens (tertiary/aromatic N) is 1. The molecule has 0 spiro atoms. The average molecular weight is 393 g/mol. The zero-order valence-electron chi connectivity index (χ0n) is 15.4. The standard InChI is InChI=1S/C21H19N3O3S/c1-27-21-13-15(24-28(2,25)26)10-11-20(21)23-19-9-5-8-18-16(19)12-14-6-3-4-7-17(14)22-18/h3-13,23-24H,1-2H3. The molecule has 0 unspecified atom stereocenters. The molecule has 0 aliphatic carbocycles. The molecule has 0 fully saturated rings. The first kappa shape index (κ1) is 18.1.